The van der Waals surface area contributed by atoms with Crippen molar-refractivity contribution in [1.82, 2.24) is 5.32 Å². The molecule has 0 aromatic heterocycles. The summed E-state index contributed by atoms with van der Waals surface area (Å²) in [6.07, 6.45) is 2.61. The monoisotopic (exact) mass is 383 g/mol. The summed E-state index contributed by atoms with van der Waals surface area (Å²) < 4.78 is 17.9. The fourth-order valence-corrected chi connectivity index (χ4v) is 2.99. The third kappa shape index (κ3) is 4.89. The van der Waals surface area contributed by atoms with Gasteiger partial charge in [0.15, 0.2) is 5.17 Å². The number of amidine groups is 1. The summed E-state index contributed by atoms with van der Waals surface area (Å²) in [5.41, 5.74) is 2.37. The number of methoxy groups -OCH3 is 1. The van der Waals surface area contributed by atoms with Crippen molar-refractivity contribution in [3.8, 4) is 11.1 Å². The topological polar surface area (TPSA) is 80.1 Å². The first kappa shape index (κ1) is 18.5. The zero-order chi connectivity index (χ0) is 19.2. The van der Waals surface area contributed by atoms with Crippen LogP contribution in [0.1, 0.15) is 5.56 Å². The van der Waals surface area contributed by atoms with E-state index >= 15 is 0 Å². The molecule has 6 nitrogen and oxygen atoms in total. The maximum atomic E-state index is 13.4. The van der Waals surface area contributed by atoms with Crippen LogP contribution in [0.25, 0.3) is 11.1 Å². The molecule has 0 unspecified atom stereocenters. The highest BCUT2D eigenvalue weighted by Crippen LogP contribution is 2.24. The van der Waals surface area contributed by atoms with Crippen LogP contribution in [0.3, 0.4) is 0 Å². The maximum absolute atomic E-state index is 13.4. The van der Waals surface area contributed by atoms with Crippen molar-refractivity contribution in [3.63, 3.8) is 0 Å². The van der Waals surface area contributed by atoms with Gasteiger partial charge in [-0.1, -0.05) is 30.3 Å². The molecule has 136 valence electrons. The van der Waals surface area contributed by atoms with Gasteiger partial charge in [-0.25, -0.2) is 9.18 Å². The van der Waals surface area contributed by atoms with Crippen molar-refractivity contribution in [2.45, 2.75) is 0 Å². The van der Waals surface area contributed by atoms with Crippen molar-refractivity contribution in [1.29, 1.82) is 0 Å². The Hall–Kier alpha value is -3.26. The summed E-state index contributed by atoms with van der Waals surface area (Å²) in [6, 6.07) is 13.7. The first-order valence-corrected chi connectivity index (χ1v) is 8.62. The van der Waals surface area contributed by atoms with Crippen molar-refractivity contribution in [3.05, 3.63) is 70.9 Å². The van der Waals surface area contributed by atoms with E-state index in [-0.39, 0.29) is 15.9 Å². The number of hydrogen-bond acceptors (Lipinski definition) is 6. The molecule has 2 aromatic rings. The fraction of sp³-hybridized carbons (Fsp3) is 0.0526. The number of carbonyl (C=O) groups is 2. The molecule has 1 amide bonds. The molecule has 1 aliphatic heterocycles. The van der Waals surface area contributed by atoms with Crippen LogP contribution in [0, 0.1) is 5.82 Å². The minimum absolute atomic E-state index is 0.184. The standard InChI is InChI=1S/C19H14FN3O3S/c1-26-17(24)10-16-18(25)22-19(27-16)23-21-11-12-4-2-5-13(8-12)14-6-3-7-15(20)9-14/h2-11H,1H3,(H,22,23,25)/b16-10+,21-11?. The van der Waals surface area contributed by atoms with E-state index in [0.29, 0.717) is 0 Å². The van der Waals surface area contributed by atoms with Crippen LogP contribution in [0.5, 0.6) is 0 Å². The lowest BCUT2D eigenvalue weighted by molar-refractivity contribution is -0.135. The first-order chi connectivity index (χ1) is 13.0. The van der Waals surface area contributed by atoms with Gasteiger partial charge >= 0.3 is 5.97 Å². The molecule has 8 heteroatoms. The molecule has 1 aliphatic rings. The van der Waals surface area contributed by atoms with Crippen LogP contribution >= 0.6 is 11.8 Å². The minimum atomic E-state index is -0.619. The molecular weight excluding hydrogens is 369 g/mol. The third-order valence-electron chi connectivity index (χ3n) is 3.50. The van der Waals surface area contributed by atoms with Gasteiger partial charge in [-0.05, 0) is 46.7 Å². The first-order valence-electron chi connectivity index (χ1n) is 7.81. The number of amides is 1. The predicted molar refractivity (Wildman–Crippen MR) is 103 cm³/mol. The highest BCUT2D eigenvalue weighted by atomic mass is 32.2. The molecule has 1 heterocycles. The van der Waals surface area contributed by atoms with E-state index < -0.39 is 11.9 Å². The number of nitrogens with zero attached hydrogens (tertiary/aromatic N) is 2. The zero-order valence-corrected chi connectivity index (χ0v) is 15.0. The van der Waals surface area contributed by atoms with Gasteiger partial charge in [0.1, 0.15) is 5.82 Å². The normalized spacial score (nSPS) is 16.9. The Morgan fingerprint density at radius 1 is 1.19 bits per heavy atom. The number of benzene rings is 2. The number of nitrogens with one attached hydrogen (secondary N) is 1. The van der Waals surface area contributed by atoms with E-state index in [2.05, 4.69) is 20.3 Å². The third-order valence-corrected chi connectivity index (χ3v) is 4.40. The number of hydrogen-bond donors (Lipinski definition) is 1. The highest BCUT2D eigenvalue weighted by molar-refractivity contribution is 8.18. The number of ether oxygens (including phenoxy) is 1. The molecule has 0 bridgehead atoms. The predicted octanol–water partition coefficient (Wildman–Crippen LogP) is 3.10. The molecule has 0 aliphatic carbocycles. The van der Waals surface area contributed by atoms with Gasteiger partial charge in [-0.15, -0.1) is 5.10 Å². The van der Waals surface area contributed by atoms with Gasteiger partial charge in [-0.2, -0.15) is 5.10 Å². The van der Waals surface area contributed by atoms with Gasteiger partial charge in [-0.3, -0.25) is 10.1 Å². The van der Waals surface area contributed by atoms with Crippen LogP contribution in [-0.2, 0) is 14.3 Å². The second-order valence-electron chi connectivity index (χ2n) is 5.37. The van der Waals surface area contributed by atoms with Crippen LogP contribution in [0.15, 0.2) is 69.7 Å². The molecular formula is C19H14FN3O3S. The van der Waals surface area contributed by atoms with Gasteiger partial charge in [0.25, 0.3) is 5.91 Å². The Kier molecular flexibility index (Phi) is 5.77. The zero-order valence-electron chi connectivity index (χ0n) is 14.2. The minimum Gasteiger partial charge on any atom is -0.466 e. The van der Waals surface area contributed by atoms with Crippen molar-refractivity contribution >= 4 is 35.0 Å². The van der Waals surface area contributed by atoms with Crippen LogP contribution in [0.4, 0.5) is 4.39 Å². The number of halogens is 1. The van der Waals surface area contributed by atoms with Crippen molar-refractivity contribution in [2.24, 2.45) is 10.2 Å². The van der Waals surface area contributed by atoms with E-state index in [9.17, 15) is 14.0 Å². The average Bonchev–Trinajstić information content (AvgIpc) is 3.01. The van der Waals surface area contributed by atoms with Gasteiger partial charge in [0, 0.05) is 6.08 Å². The molecule has 0 spiro atoms. The summed E-state index contributed by atoms with van der Waals surface area (Å²) in [4.78, 5) is 23.1. The second-order valence-corrected chi connectivity index (χ2v) is 6.40. The Labute approximate surface area is 158 Å². The number of thioether (sulfide) groups is 1. The van der Waals surface area contributed by atoms with E-state index in [1.807, 2.05) is 30.3 Å². The quantitative estimate of drug-likeness (QED) is 0.381. The van der Waals surface area contributed by atoms with Gasteiger partial charge < -0.3 is 4.74 Å². The molecule has 1 N–H and O–H groups in total. The number of carbonyl (C=O) groups excluding carboxylic acids is 2. The molecule has 0 radical (unpaired) electrons. The Morgan fingerprint density at radius 2 is 1.93 bits per heavy atom. The van der Waals surface area contributed by atoms with Crippen molar-refractivity contribution in [2.75, 3.05) is 7.11 Å². The van der Waals surface area contributed by atoms with E-state index in [0.717, 1.165) is 34.5 Å². The molecule has 1 fully saturated rings. The summed E-state index contributed by atoms with van der Waals surface area (Å²) in [6.45, 7) is 0. The molecule has 2 aromatic carbocycles. The number of rotatable bonds is 4. The van der Waals surface area contributed by atoms with Crippen LogP contribution in [0.2, 0.25) is 0 Å². The summed E-state index contributed by atoms with van der Waals surface area (Å²) in [5, 5.41) is 10.6. The molecule has 27 heavy (non-hydrogen) atoms. The van der Waals surface area contributed by atoms with Gasteiger partial charge in [0.2, 0.25) is 0 Å². The van der Waals surface area contributed by atoms with E-state index in [4.69, 9.17) is 0 Å². The Morgan fingerprint density at radius 3 is 2.67 bits per heavy atom. The summed E-state index contributed by atoms with van der Waals surface area (Å²) in [5.74, 6) is -1.36. The van der Waals surface area contributed by atoms with Crippen LogP contribution in [-0.4, -0.2) is 30.4 Å². The number of esters is 1. The smallest absolute Gasteiger partial charge is 0.331 e. The summed E-state index contributed by atoms with van der Waals surface area (Å²) in [7, 11) is 1.23. The van der Waals surface area contributed by atoms with E-state index in [1.54, 1.807) is 6.07 Å². The van der Waals surface area contributed by atoms with E-state index in [1.165, 1.54) is 25.5 Å². The fourth-order valence-electron chi connectivity index (χ4n) is 2.26. The van der Waals surface area contributed by atoms with Gasteiger partial charge in [0.05, 0.1) is 18.2 Å². The molecule has 0 saturated carbocycles. The summed E-state index contributed by atoms with van der Waals surface area (Å²) >= 11 is 0.993. The average molecular weight is 383 g/mol. The SMILES string of the molecule is COC(=O)/C=C1/S/C(=N\N=Cc2cccc(-c3cccc(F)c3)c2)NC1=O. The lowest BCUT2D eigenvalue weighted by atomic mass is 10.0. The molecule has 0 atom stereocenters. The lowest BCUT2D eigenvalue weighted by Gasteiger charge is -2.02. The maximum Gasteiger partial charge on any atom is 0.331 e. The second kappa shape index (κ2) is 8.41. The van der Waals surface area contributed by atoms with Crippen LogP contribution < -0.4 is 5.32 Å². The largest absolute Gasteiger partial charge is 0.466 e. The van der Waals surface area contributed by atoms with Crippen molar-refractivity contribution < 1.29 is 18.7 Å². The molecule has 3 rings (SSSR count). The Bertz CT molecular complexity index is 986. The molecule has 1 saturated heterocycles. The Balaban J connectivity index is 1.73. The lowest BCUT2D eigenvalue weighted by Crippen LogP contribution is -2.19. The highest BCUT2D eigenvalue weighted by Gasteiger charge is 2.24.